The minimum atomic E-state index is -0.487. The topological polar surface area (TPSA) is 72.7 Å². The molecule has 0 radical (unpaired) electrons. The number of hydrogen-bond acceptors (Lipinski definition) is 6. The highest BCUT2D eigenvalue weighted by Crippen LogP contribution is 2.29. The number of anilines is 1. The quantitative estimate of drug-likeness (QED) is 0.245. The molecule has 0 bridgehead atoms. The van der Waals surface area contributed by atoms with Crippen LogP contribution in [0.2, 0.25) is 0 Å². The van der Waals surface area contributed by atoms with Crippen LogP contribution >= 0.6 is 23.1 Å². The molecular formula is C27H22FN5OS2. The molecule has 6 nitrogen and oxygen atoms in total. The lowest BCUT2D eigenvalue weighted by atomic mass is 10.1. The first-order valence-electron chi connectivity index (χ1n) is 11.3. The van der Waals surface area contributed by atoms with Gasteiger partial charge >= 0.3 is 0 Å². The second-order valence-corrected chi connectivity index (χ2v) is 9.92. The van der Waals surface area contributed by atoms with Crippen molar-refractivity contribution in [2.45, 2.75) is 24.3 Å². The molecule has 0 aliphatic rings. The molecule has 0 atom stereocenters. The van der Waals surface area contributed by atoms with Gasteiger partial charge in [-0.1, -0.05) is 72.4 Å². The minimum Gasteiger partial charge on any atom is -0.318 e. The molecule has 0 aliphatic carbocycles. The molecule has 0 spiro atoms. The number of thiazole rings is 1. The monoisotopic (exact) mass is 515 g/mol. The van der Waals surface area contributed by atoms with Crippen molar-refractivity contribution in [2.75, 3.05) is 5.32 Å². The zero-order valence-corrected chi connectivity index (χ0v) is 21.0. The number of amides is 1. The zero-order chi connectivity index (χ0) is 24.9. The second kappa shape index (κ2) is 10.8. The van der Waals surface area contributed by atoms with Gasteiger partial charge < -0.3 is 5.32 Å². The summed E-state index contributed by atoms with van der Waals surface area (Å²) in [6.07, 6.45) is 0.653. The van der Waals surface area contributed by atoms with Crippen LogP contribution in [0, 0.1) is 12.7 Å². The number of nitrogens with zero attached hydrogens (tertiary/aromatic N) is 4. The van der Waals surface area contributed by atoms with Crippen LogP contribution in [0.25, 0.3) is 5.69 Å². The van der Waals surface area contributed by atoms with Crippen LogP contribution in [0.4, 0.5) is 10.1 Å². The molecule has 3 aromatic carbocycles. The maximum absolute atomic E-state index is 13.9. The summed E-state index contributed by atoms with van der Waals surface area (Å²) in [6, 6.07) is 24.4. The van der Waals surface area contributed by atoms with Gasteiger partial charge in [-0.3, -0.25) is 9.36 Å². The number of carbonyl (C=O) groups excluding carboxylic acids is 1. The highest BCUT2D eigenvalue weighted by atomic mass is 32.2. The van der Waals surface area contributed by atoms with Crippen LogP contribution in [0.15, 0.2) is 89.4 Å². The fourth-order valence-corrected chi connectivity index (χ4v) is 5.46. The fourth-order valence-electron chi connectivity index (χ4n) is 3.70. The maximum atomic E-state index is 13.9. The van der Waals surface area contributed by atoms with E-state index in [9.17, 15) is 9.18 Å². The van der Waals surface area contributed by atoms with Crippen LogP contribution in [0.3, 0.4) is 0 Å². The molecule has 180 valence electrons. The van der Waals surface area contributed by atoms with Crippen molar-refractivity contribution in [3.05, 3.63) is 118 Å². The summed E-state index contributed by atoms with van der Waals surface area (Å²) < 4.78 is 16.0. The van der Waals surface area contributed by atoms with Crippen molar-refractivity contribution in [1.29, 1.82) is 0 Å². The molecule has 1 N–H and O–H groups in total. The number of carbonyl (C=O) groups is 1. The largest absolute Gasteiger partial charge is 0.318 e. The highest BCUT2D eigenvalue weighted by Gasteiger charge is 2.18. The van der Waals surface area contributed by atoms with Crippen molar-refractivity contribution in [3.8, 4) is 5.69 Å². The van der Waals surface area contributed by atoms with E-state index in [4.69, 9.17) is 0 Å². The number of aryl methyl sites for hydroxylation is 1. The normalized spacial score (nSPS) is 10.9. The lowest BCUT2D eigenvalue weighted by Gasteiger charge is -2.12. The summed E-state index contributed by atoms with van der Waals surface area (Å²) in [6.45, 7) is 2.07. The Balaban J connectivity index is 1.35. The standard InChI is InChI=1S/C27H22FN5OS2/c1-18-9-5-8-14-23(18)33-24(15-19-10-3-2-4-11-19)31-32-27(33)36-17-25-29-22(16-35-25)26(34)30-21-13-7-6-12-20(21)28/h2-14,16H,15,17H2,1H3,(H,30,34). The van der Waals surface area contributed by atoms with Gasteiger partial charge in [-0.2, -0.15) is 0 Å². The molecule has 0 unspecified atom stereocenters. The predicted molar refractivity (Wildman–Crippen MR) is 141 cm³/mol. The van der Waals surface area contributed by atoms with Gasteiger partial charge in [0, 0.05) is 11.8 Å². The zero-order valence-electron chi connectivity index (χ0n) is 19.4. The maximum Gasteiger partial charge on any atom is 0.275 e. The summed E-state index contributed by atoms with van der Waals surface area (Å²) in [5.41, 5.74) is 3.68. The molecule has 36 heavy (non-hydrogen) atoms. The Labute approximate surface area is 216 Å². The van der Waals surface area contributed by atoms with E-state index in [0.29, 0.717) is 12.2 Å². The van der Waals surface area contributed by atoms with Crippen LogP contribution in [-0.4, -0.2) is 25.7 Å². The number of benzene rings is 3. The number of para-hydroxylation sites is 2. The van der Waals surface area contributed by atoms with E-state index in [1.165, 1.54) is 35.2 Å². The third kappa shape index (κ3) is 5.37. The van der Waals surface area contributed by atoms with Gasteiger partial charge in [0.2, 0.25) is 0 Å². The molecular weight excluding hydrogens is 493 g/mol. The Hall–Kier alpha value is -3.82. The highest BCUT2D eigenvalue weighted by molar-refractivity contribution is 7.98. The molecule has 0 fully saturated rings. The van der Waals surface area contributed by atoms with E-state index in [2.05, 4.69) is 56.3 Å². The molecule has 1 amide bonds. The predicted octanol–water partition coefficient (Wildman–Crippen LogP) is 6.31. The van der Waals surface area contributed by atoms with E-state index >= 15 is 0 Å². The fraction of sp³-hybridized carbons (Fsp3) is 0.111. The van der Waals surface area contributed by atoms with Crippen molar-refractivity contribution in [3.63, 3.8) is 0 Å². The molecule has 0 saturated carbocycles. The Kier molecular flexibility index (Phi) is 7.20. The van der Waals surface area contributed by atoms with Crippen LogP contribution in [0.5, 0.6) is 0 Å². The van der Waals surface area contributed by atoms with Crippen LogP contribution in [0.1, 0.15) is 32.4 Å². The first kappa shape index (κ1) is 23.9. The van der Waals surface area contributed by atoms with Gasteiger partial charge in [0.1, 0.15) is 22.3 Å². The second-order valence-electron chi connectivity index (χ2n) is 8.03. The Bertz CT molecular complexity index is 1500. The Morgan fingerprint density at radius 3 is 2.56 bits per heavy atom. The molecule has 2 heterocycles. The van der Waals surface area contributed by atoms with E-state index in [0.717, 1.165) is 32.8 Å². The first-order chi connectivity index (χ1) is 17.6. The van der Waals surface area contributed by atoms with Crippen molar-refractivity contribution in [1.82, 2.24) is 19.7 Å². The average Bonchev–Trinajstić information content (AvgIpc) is 3.52. The average molecular weight is 516 g/mol. The van der Waals surface area contributed by atoms with E-state index in [1.54, 1.807) is 17.5 Å². The number of thioether (sulfide) groups is 1. The summed E-state index contributed by atoms with van der Waals surface area (Å²) in [7, 11) is 0. The molecule has 9 heteroatoms. The van der Waals surface area contributed by atoms with Gasteiger partial charge in [-0.25, -0.2) is 9.37 Å². The lowest BCUT2D eigenvalue weighted by molar-refractivity contribution is 0.102. The van der Waals surface area contributed by atoms with Crippen LogP contribution < -0.4 is 5.32 Å². The third-order valence-electron chi connectivity index (χ3n) is 5.49. The Morgan fingerprint density at radius 2 is 1.75 bits per heavy atom. The molecule has 2 aromatic heterocycles. The van der Waals surface area contributed by atoms with Gasteiger partial charge in [0.15, 0.2) is 5.16 Å². The number of aromatic nitrogens is 4. The van der Waals surface area contributed by atoms with Gasteiger partial charge in [0.05, 0.1) is 17.1 Å². The summed E-state index contributed by atoms with van der Waals surface area (Å²) >= 11 is 2.89. The van der Waals surface area contributed by atoms with Gasteiger partial charge in [0.25, 0.3) is 5.91 Å². The molecule has 0 saturated heterocycles. The van der Waals surface area contributed by atoms with Crippen molar-refractivity contribution < 1.29 is 9.18 Å². The number of rotatable bonds is 8. The molecule has 0 aliphatic heterocycles. The summed E-state index contributed by atoms with van der Waals surface area (Å²) in [4.78, 5) is 17.0. The van der Waals surface area contributed by atoms with Crippen LogP contribution in [-0.2, 0) is 12.2 Å². The molecule has 5 aromatic rings. The van der Waals surface area contributed by atoms with Gasteiger partial charge in [-0.15, -0.1) is 21.5 Å². The number of halogens is 1. The lowest BCUT2D eigenvalue weighted by Crippen LogP contribution is -2.13. The van der Waals surface area contributed by atoms with E-state index in [-0.39, 0.29) is 11.4 Å². The number of hydrogen-bond donors (Lipinski definition) is 1. The van der Waals surface area contributed by atoms with E-state index in [1.807, 2.05) is 30.3 Å². The van der Waals surface area contributed by atoms with Gasteiger partial charge in [-0.05, 0) is 36.2 Å². The van der Waals surface area contributed by atoms with Crippen molar-refractivity contribution >= 4 is 34.7 Å². The van der Waals surface area contributed by atoms with E-state index < -0.39 is 11.7 Å². The number of nitrogens with one attached hydrogen (secondary N) is 1. The Morgan fingerprint density at radius 1 is 1.00 bits per heavy atom. The third-order valence-corrected chi connectivity index (χ3v) is 7.46. The summed E-state index contributed by atoms with van der Waals surface area (Å²) in [5.74, 6) is 0.439. The molecule has 5 rings (SSSR count). The minimum absolute atomic E-state index is 0.128. The summed E-state index contributed by atoms with van der Waals surface area (Å²) in [5, 5.41) is 14.8. The first-order valence-corrected chi connectivity index (χ1v) is 13.1. The van der Waals surface area contributed by atoms with Crippen molar-refractivity contribution in [2.24, 2.45) is 0 Å². The SMILES string of the molecule is Cc1ccccc1-n1c(Cc2ccccc2)nnc1SCc1nc(C(=O)Nc2ccccc2F)cs1. The smallest absolute Gasteiger partial charge is 0.275 e.